The molecule has 1 saturated heterocycles. The Hall–Kier alpha value is -0.310. The summed E-state index contributed by atoms with van der Waals surface area (Å²) in [5.74, 6) is 0. The van der Waals surface area contributed by atoms with Crippen molar-refractivity contribution in [2.24, 2.45) is 0 Å². The summed E-state index contributed by atoms with van der Waals surface area (Å²) < 4.78 is 14.7. The molecule has 0 saturated carbocycles. The normalized spacial score (nSPS) is 25.6. The van der Waals surface area contributed by atoms with E-state index in [1.165, 1.54) is 0 Å². The average Bonchev–Trinajstić information content (AvgIpc) is 2.49. The van der Waals surface area contributed by atoms with Crippen molar-refractivity contribution in [2.45, 2.75) is 31.4 Å². The molecule has 0 aliphatic carbocycles. The molecule has 1 atom stereocenters. The van der Waals surface area contributed by atoms with Crippen LogP contribution < -0.4 is 5.32 Å². The summed E-state index contributed by atoms with van der Waals surface area (Å²) in [6, 6.07) is 5.32. The van der Waals surface area contributed by atoms with Crippen LogP contribution in [0.4, 0.5) is 4.39 Å². The monoisotopic (exact) mass is 275 g/mol. The molecule has 0 spiro atoms. The van der Waals surface area contributed by atoms with Crippen LogP contribution in [0.2, 0.25) is 10.0 Å². The smallest absolute Gasteiger partial charge is 0.116 e. The quantitative estimate of drug-likeness (QED) is 0.860. The number of hydrogen-bond donors (Lipinski definition) is 1. The standard InChI is InChI=1S/C13H16Cl2FN/c14-11-3-1-4-12(15)10(11)9-13(16)5-2-7-17-8-6-13/h1,3-4,17H,2,5-9H2. The van der Waals surface area contributed by atoms with E-state index in [2.05, 4.69) is 5.32 Å². The van der Waals surface area contributed by atoms with Crippen LogP contribution in [-0.2, 0) is 6.42 Å². The van der Waals surface area contributed by atoms with Crippen LogP contribution in [0, 0.1) is 0 Å². The molecule has 1 aromatic rings. The highest BCUT2D eigenvalue weighted by molar-refractivity contribution is 6.36. The lowest BCUT2D eigenvalue weighted by atomic mass is 9.89. The molecule has 1 aromatic carbocycles. The Labute approximate surface area is 111 Å². The lowest BCUT2D eigenvalue weighted by Gasteiger charge is -2.24. The van der Waals surface area contributed by atoms with Crippen molar-refractivity contribution in [2.75, 3.05) is 13.1 Å². The van der Waals surface area contributed by atoms with Gasteiger partial charge in [0.2, 0.25) is 0 Å². The molecule has 1 nitrogen and oxygen atoms in total. The number of hydrogen-bond acceptors (Lipinski definition) is 1. The predicted octanol–water partition coefficient (Wildman–Crippen LogP) is 4.02. The molecule has 1 fully saturated rings. The molecule has 1 N–H and O–H groups in total. The largest absolute Gasteiger partial charge is 0.317 e. The Morgan fingerprint density at radius 3 is 2.59 bits per heavy atom. The van der Waals surface area contributed by atoms with Crippen molar-refractivity contribution in [3.05, 3.63) is 33.8 Å². The Morgan fingerprint density at radius 2 is 1.88 bits per heavy atom. The predicted molar refractivity (Wildman–Crippen MR) is 70.7 cm³/mol. The molecule has 17 heavy (non-hydrogen) atoms. The Morgan fingerprint density at radius 1 is 1.18 bits per heavy atom. The second kappa shape index (κ2) is 5.55. The Kier molecular flexibility index (Phi) is 4.29. The van der Waals surface area contributed by atoms with E-state index in [0.717, 1.165) is 25.1 Å². The maximum Gasteiger partial charge on any atom is 0.116 e. The summed E-state index contributed by atoms with van der Waals surface area (Å²) in [6.45, 7) is 1.61. The van der Waals surface area contributed by atoms with E-state index >= 15 is 0 Å². The van der Waals surface area contributed by atoms with E-state index in [1.54, 1.807) is 18.2 Å². The number of nitrogens with one attached hydrogen (secondary N) is 1. The number of halogens is 3. The van der Waals surface area contributed by atoms with Crippen LogP contribution in [0.25, 0.3) is 0 Å². The summed E-state index contributed by atoms with van der Waals surface area (Å²) in [5.41, 5.74) is -0.446. The van der Waals surface area contributed by atoms with Gasteiger partial charge in [0, 0.05) is 16.5 Å². The van der Waals surface area contributed by atoms with E-state index in [-0.39, 0.29) is 0 Å². The second-order valence-corrected chi connectivity index (χ2v) is 5.45. The third-order valence-corrected chi connectivity index (χ3v) is 3.99. The van der Waals surface area contributed by atoms with Crippen LogP contribution in [0.5, 0.6) is 0 Å². The minimum atomic E-state index is -1.18. The van der Waals surface area contributed by atoms with Gasteiger partial charge < -0.3 is 5.32 Å². The zero-order valence-electron chi connectivity index (χ0n) is 9.61. The maximum absolute atomic E-state index is 14.7. The van der Waals surface area contributed by atoms with Crippen molar-refractivity contribution in [3.8, 4) is 0 Å². The van der Waals surface area contributed by atoms with Gasteiger partial charge in [0.05, 0.1) is 0 Å². The van der Waals surface area contributed by atoms with Gasteiger partial charge in [-0.3, -0.25) is 0 Å². The molecule has 1 unspecified atom stereocenters. The summed E-state index contributed by atoms with van der Waals surface area (Å²) >= 11 is 12.2. The highest BCUT2D eigenvalue weighted by Gasteiger charge is 2.32. The summed E-state index contributed by atoms with van der Waals surface area (Å²) in [5, 5.41) is 4.34. The lowest BCUT2D eigenvalue weighted by molar-refractivity contribution is 0.144. The molecule has 1 aliphatic heterocycles. The van der Waals surface area contributed by atoms with Gasteiger partial charge in [-0.05, 0) is 50.0 Å². The van der Waals surface area contributed by atoms with Gasteiger partial charge >= 0.3 is 0 Å². The highest BCUT2D eigenvalue weighted by Crippen LogP contribution is 2.34. The maximum atomic E-state index is 14.7. The topological polar surface area (TPSA) is 12.0 Å². The van der Waals surface area contributed by atoms with Crippen molar-refractivity contribution in [1.82, 2.24) is 5.32 Å². The van der Waals surface area contributed by atoms with Gasteiger partial charge in [-0.25, -0.2) is 4.39 Å². The fraction of sp³-hybridized carbons (Fsp3) is 0.538. The first-order valence-electron chi connectivity index (χ1n) is 5.93. The first-order chi connectivity index (χ1) is 8.11. The third kappa shape index (κ3) is 3.34. The molecule has 0 bridgehead atoms. The second-order valence-electron chi connectivity index (χ2n) is 4.63. The van der Waals surface area contributed by atoms with Crippen LogP contribution in [-0.4, -0.2) is 18.8 Å². The van der Waals surface area contributed by atoms with Crippen LogP contribution in [0.15, 0.2) is 18.2 Å². The summed E-state index contributed by atoms with van der Waals surface area (Å²) in [7, 11) is 0. The molecular formula is C13H16Cl2FN. The van der Waals surface area contributed by atoms with Gasteiger partial charge in [0.25, 0.3) is 0 Å². The SMILES string of the molecule is FC1(Cc2c(Cl)cccc2Cl)CCCNCC1. The number of rotatable bonds is 2. The Bertz CT molecular complexity index is 367. The van der Waals surface area contributed by atoms with Crippen LogP contribution in [0.1, 0.15) is 24.8 Å². The van der Waals surface area contributed by atoms with Crippen molar-refractivity contribution in [3.63, 3.8) is 0 Å². The molecule has 1 aliphatic rings. The zero-order valence-corrected chi connectivity index (χ0v) is 11.1. The minimum Gasteiger partial charge on any atom is -0.317 e. The third-order valence-electron chi connectivity index (χ3n) is 3.28. The van der Waals surface area contributed by atoms with E-state index in [0.29, 0.717) is 29.3 Å². The fourth-order valence-electron chi connectivity index (χ4n) is 2.29. The first kappa shape index (κ1) is 13.1. The molecule has 0 amide bonds. The Balaban J connectivity index is 2.18. The number of benzene rings is 1. The van der Waals surface area contributed by atoms with E-state index in [1.807, 2.05) is 0 Å². The van der Waals surface area contributed by atoms with Gasteiger partial charge in [-0.1, -0.05) is 29.3 Å². The first-order valence-corrected chi connectivity index (χ1v) is 6.69. The van der Waals surface area contributed by atoms with E-state index < -0.39 is 5.67 Å². The van der Waals surface area contributed by atoms with Gasteiger partial charge in [-0.2, -0.15) is 0 Å². The molecule has 1 heterocycles. The molecule has 0 radical (unpaired) electrons. The van der Waals surface area contributed by atoms with Crippen LogP contribution >= 0.6 is 23.2 Å². The zero-order chi connectivity index (χ0) is 12.3. The molecule has 94 valence electrons. The van der Waals surface area contributed by atoms with Crippen molar-refractivity contribution >= 4 is 23.2 Å². The van der Waals surface area contributed by atoms with E-state index in [4.69, 9.17) is 23.2 Å². The van der Waals surface area contributed by atoms with Crippen LogP contribution in [0.3, 0.4) is 0 Å². The number of alkyl halides is 1. The highest BCUT2D eigenvalue weighted by atomic mass is 35.5. The van der Waals surface area contributed by atoms with Gasteiger partial charge in [0.1, 0.15) is 5.67 Å². The fourth-order valence-corrected chi connectivity index (χ4v) is 2.82. The summed E-state index contributed by atoms with van der Waals surface area (Å²) in [6.07, 6.45) is 2.27. The van der Waals surface area contributed by atoms with Gasteiger partial charge in [0.15, 0.2) is 0 Å². The lowest BCUT2D eigenvalue weighted by Crippen LogP contribution is -2.27. The van der Waals surface area contributed by atoms with Crippen molar-refractivity contribution in [1.29, 1.82) is 0 Å². The van der Waals surface area contributed by atoms with Crippen molar-refractivity contribution < 1.29 is 4.39 Å². The molecule has 2 rings (SSSR count). The van der Waals surface area contributed by atoms with E-state index in [9.17, 15) is 4.39 Å². The van der Waals surface area contributed by atoms with Gasteiger partial charge in [-0.15, -0.1) is 0 Å². The molecule has 4 heteroatoms. The average molecular weight is 276 g/mol. The molecular weight excluding hydrogens is 260 g/mol. The molecule has 0 aromatic heterocycles. The minimum absolute atomic E-state index is 0.313. The summed E-state index contributed by atoms with van der Waals surface area (Å²) in [4.78, 5) is 0.